The molecule has 2 aromatic rings. The number of carbonyl (C=O) groups is 2. The number of amides is 1. The number of carboxylic acids is 1. The molecule has 1 aromatic carbocycles. The highest BCUT2D eigenvalue weighted by Crippen LogP contribution is 2.27. The van der Waals surface area contributed by atoms with Crippen LogP contribution in [0.3, 0.4) is 0 Å². The number of nitrogens with one attached hydrogen (secondary N) is 1. The molecule has 2 N–H and O–H groups in total. The summed E-state index contributed by atoms with van der Waals surface area (Å²) in [6, 6.07) is 6.99. The molecule has 120 valence electrons. The predicted molar refractivity (Wildman–Crippen MR) is 82.9 cm³/mol. The van der Waals surface area contributed by atoms with Crippen molar-refractivity contribution < 1.29 is 14.7 Å². The van der Waals surface area contributed by atoms with Gasteiger partial charge in [0.25, 0.3) is 5.56 Å². The zero-order valence-electron chi connectivity index (χ0n) is 12.4. The Hall–Kier alpha value is -2.70. The first kappa shape index (κ1) is 15.2. The third-order valence-electron chi connectivity index (χ3n) is 4.16. The highest BCUT2D eigenvalue weighted by atomic mass is 16.4. The topological polar surface area (TPSA) is 101 Å². The van der Waals surface area contributed by atoms with Crippen LogP contribution in [-0.2, 0) is 16.1 Å². The first-order valence-corrected chi connectivity index (χ1v) is 7.51. The summed E-state index contributed by atoms with van der Waals surface area (Å²) < 4.78 is 1.42. The number of carbonyl (C=O) groups excluding carboxylic acids is 1. The van der Waals surface area contributed by atoms with Crippen molar-refractivity contribution in [1.82, 2.24) is 14.9 Å². The number of hydrogen-bond acceptors (Lipinski definition) is 4. The van der Waals surface area contributed by atoms with E-state index >= 15 is 0 Å². The Morgan fingerprint density at radius 3 is 2.78 bits per heavy atom. The molecule has 7 nitrogen and oxygen atoms in total. The molecule has 1 heterocycles. The summed E-state index contributed by atoms with van der Waals surface area (Å²) in [5, 5.41) is 12.1. The van der Waals surface area contributed by atoms with Crippen molar-refractivity contribution in [2.45, 2.75) is 31.8 Å². The molecule has 0 atom stereocenters. The fraction of sp³-hybridized carbons (Fsp3) is 0.375. The van der Waals surface area contributed by atoms with Gasteiger partial charge in [0.05, 0.1) is 23.1 Å². The lowest BCUT2D eigenvalue weighted by atomic mass is 9.80. The van der Waals surface area contributed by atoms with Crippen molar-refractivity contribution in [2.75, 3.05) is 0 Å². The lowest BCUT2D eigenvalue weighted by molar-refractivity contribution is -0.146. The van der Waals surface area contributed by atoms with Gasteiger partial charge in [-0.1, -0.05) is 12.1 Å². The van der Waals surface area contributed by atoms with E-state index in [0.29, 0.717) is 23.7 Å². The van der Waals surface area contributed by atoms with E-state index in [9.17, 15) is 14.4 Å². The summed E-state index contributed by atoms with van der Waals surface area (Å²) in [4.78, 5) is 39.1. The number of fused-ring (bicyclic) bond motifs is 1. The van der Waals surface area contributed by atoms with E-state index in [1.54, 1.807) is 18.2 Å². The zero-order valence-corrected chi connectivity index (χ0v) is 12.4. The highest BCUT2D eigenvalue weighted by Gasteiger charge is 2.35. The highest BCUT2D eigenvalue weighted by molar-refractivity contribution is 5.78. The number of aromatic nitrogens is 2. The molecular weight excluding hydrogens is 298 g/mol. The maximum Gasteiger partial charge on any atom is 0.306 e. The van der Waals surface area contributed by atoms with Gasteiger partial charge in [0.1, 0.15) is 0 Å². The molecule has 0 spiro atoms. The van der Waals surface area contributed by atoms with Gasteiger partial charge in [-0.25, -0.2) is 4.98 Å². The van der Waals surface area contributed by atoms with Gasteiger partial charge in [-0.3, -0.25) is 19.0 Å². The molecule has 3 rings (SSSR count). The second kappa shape index (κ2) is 6.20. The maximum absolute atomic E-state index is 12.3. The SMILES string of the molecule is O=C(CCn1cnc2ccccc2c1=O)NC1CC(C(=O)O)C1. The minimum absolute atomic E-state index is 0.0740. The molecular formula is C16H17N3O4. The number of benzene rings is 1. The smallest absolute Gasteiger partial charge is 0.306 e. The first-order chi connectivity index (χ1) is 11.0. The normalized spacial score (nSPS) is 20.0. The second-order valence-electron chi connectivity index (χ2n) is 5.78. The van der Waals surface area contributed by atoms with Crippen molar-refractivity contribution >= 4 is 22.8 Å². The molecule has 1 aliphatic carbocycles. The van der Waals surface area contributed by atoms with Gasteiger partial charge in [-0.05, 0) is 25.0 Å². The lowest BCUT2D eigenvalue weighted by Gasteiger charge is -2.32. The molecule has 7 heteroatoms. The van der Waals surface area contributed by atoms with Crippen LogP contribution in [0.5, 0.6) is 0 Å². The predicted octanol–water partition coefficient (Wildman–Crippen LogP) is 0.766. The van der Waals surface area contributed by atoms with Crippen molar-refractivity contribution in [3.8, 4) is 0 Å². The number of aryl methyl sites for hydroxylation is 1. The minimum atomic E-state index is -0.815. The Kier molecular flexibility index (Phi) is 4.10. The van der Waals surface area contributed by atoms with Crippen LogP contribution in [0.15, 0.2) is 35.4 Å². The van der Waals surface area contributed by atoms with Crippen LogP contribution in [0.4, 0.5) is 0 Å². The summed E-state index contributed by atoms with van der Waals surface area (Å²) in [5.41, 5.74) is 0.463. The molecule has 23 heavy (non-hydrogen) atoms. The van der Waals surface area contributed by atoms with Crippen LogP contribution in [0.2, 0.25) is 0 Å². The van der Waals surface area contributed by atoms with E-state index in [1.807, 2.05) is 6.07 Å². The fourth-order valence-corrected chi connectivity index (χ4v) is 2.72. The van der Waals surface area contributed by atoms with E-state index in [0.717, 1.165) is 0 Å². The van der Waals surface area contributed by atoms with Gasteiger partial charge < -0.3 is 10.4 Å². The van der Waals surface area contributed by atoms with E-state index in [-0.39, 0.29) is 36.4 Å². The Morgan fingerprint density at radius 1 is 1.30 bits per heavy atom. The number of hydrogen-bond donors (Lipinski definition) is 2. The number of carboxylic acid groups (broad SMARTS) is 1. The molecule has 1 aliphatic rings. The first-order valence-electron chi connectivity index (χ1n) is 7.51. The van der Waals surface area contributed by atoms with Crippen LogP contribution in [-0.4, -0.2) is 32.6 Å². The van der Waals surface area contributed by atoms with Gasteiger partial charge in [0.15, 0.2) is 0 Å². The second-order valence-corrected chi connectivity index (χ2v) is 5.78. The molecule has 0 saturated heterocycles. The molecule has 0 radical (unpaired) electrons. The molecule has 1 fully saturated rings. The molecule has 0 unspecified atom stereocenters. The summed E-state index contributed by atoms with van der Waals surface area (Å²) in [6.07, 6.45) is 2.55. The quantitative estimate of drug-likeness (QED) is 0.848. The Labute approximate surface area is 132 Å². The number of nitrogens with zero attached hydrogens (tertiary/aromatic N) is 2. The van der Waals surface area contributed by atoms with E-state index in [1.165, 1.54) is 10.9 Å². The van der Waals surface area contributed by atoms with Crippen LogP contribution in [0, 0.1) is 5.92 Å². The lowest BCUT2D eigenvalue weighted by Crippen LogP contribution is -2.46. The van der Waals surface area contributed by atoms with Crippen LogP contribution in [0.1, 0.15) is 19.3 Å². The number of para-hydroxylation sites is 1. The minimum Gasteiger partial charge on any atom is -0.481 e. The Bertz CT molecular complexity index is 808. The van der Waals surface area contributed by atoms with Crippen LogP contribution >= 0.6 is 0 Å². The van der Waals surface area contributed by atoms with Gasteiger partial charge >= 0.3 is 5.97 Å². The van der Waals surface area contributed by atoms with E-state index in [2.05, 4.69) is 10.3 Å². The van der Waals surface area contributed by atoms with Crippen LogP contribution < -0.4 is 10.9 Å². The molecule has 0 bridgehead atoms. The zero-order chi connectivity index (χ0) is 16.4. The molecule has 1 saturated carbocycles. The van der Waals surface area contributed by atoms with E-state index in [4.69, 9.17) is 5.11 Å². The average Bonchev–Trinajstić information content (AvgIpc) is 2.49. The average molecular weight is 315 g/mol. The standard InChI is InChI=1S/C16H17N3O4/c20-14(18-11-7-10(8-11)16(22)23)5-6-19-9-17-13-4-2-1-3-12(13)15(19)21/h1-4,9-11H,5-8H2,(H,18,20)(H,22,23). The maximum atomic E-state index is 12.3. The fourth-order valence-electron chi connectivity index (χ4n) is 2.72. The van der Waals surface area contributed by atoms with E-state index < -0.39 is 5.97 Å². The summed E-state index contributed by atoms with van der Waals surface area (Å²) >= 11 is 0. The molecule has 0 aliphatic heterocycles. The van der Waals surface area contributed by atoms with Gasteiger partial charge in [0, 0.05) is 19.0 Å². The number of rotatable bonds is 5. The third kappa shape index (κ3) is 3.23. The van der Waals surface area contributed by atoms with Crippen molar-refractivity contribution in [1.29, 1.82) is 0 Å². The van der Waals surface area contributed by atoms with Crippen LogP contribution in [0.25, 0.3) is 10.9 Å². The largest absolute Gasteiger partial charge is 0.481 e. The monoisotopic (exact) mass is 315 g/mol. The van der Waals surface area contributed by atoms with Gasteiger partial charge in [-0.15, -0.1) is 0 Å². The summed E-state index contributed by atoms with van der Waals surface area (Å²) in [5.74, 6) is -1.35. The van der Waals surface area contributed by atoms with Crippen molar-refractivity contribution in [3.63, 3.8) is 0 Å². The third-order valence-corrected chi connectivity index (χ3v) is 4.16. The Balaban J connectivity index is 1.56. The number of aliphatic carboxylic acids is 1. The van der Waals surface area contributed by atoms with Gasteiger partial charge in [0.2, 0.25) is 5.91 Å². The van der Waals surface area contributed by atoms with Gasteiger partial charge in [-0.2, -0.15) is 0 Å². The van der Waals surface area contributed by atoms with Crippen molar-refractivity contribution in [3.05, 3.63) is 40.9 Å². The molecule has 1 amide bonds. The van der Waals surface area contributed by atoms with Crippen molar-refractivity contribution in [2.24, 2.45) is 5.92 Å². The summed E-state index contributed by atoms with van der Waals surface area (Å²) in [6.45, 7) is 0.248. The summed E-state index contributed by atoms with van der Waals surface area (Å²) in [7, 11) is 0. The Morgan fingerprint density at radius 2 is 2.04 bits per heavy atom. The molecule has 1 aromatic heterocycles.